The average molecular weight is 284 g/mol. The van der Waals surface area contributed by atoms with Crippen LogP contribution in [0.3, 0.4) is 0 Å². The van der Waals surface area contributed by atoms with Gasteiger partial charge >= 0.3 is 0 Å². The number of fused-ring (bicyclic) bond motifs is 5. The summed E-state index contributed by atoms with van der Waals surface area (Å²) in [4.78, 5) is 24.6. The van der Waals surface area contributed by atoms with Crippen LogP contribution in [0.4, 0.5) is 0 Å². The molecule has 2 nitrogen and oxygen atoms in total. The Bertz CT molecular complexity index is 597. The lowest BCUT2D eigenvalue weighted by Crippen LogP contribution is -2.47. The van der Waals surface area contributed by atoms with Gasteiger partial charge in [-0.25, -0.2) is 0 Å². The summed E-state index contributed by atoms with van der Waals surface area (Å²) in [7, 11) is 0. The van der Waals surface area contributed by atoms with Crippen molar-refractivity contribution in [1.29, 1.82) is 0 Å². The van der Waals surface area contributed by atoms with Crippen LogP contribution in [0.25, 0.3) is 0 Å². The number of hydrogen-bond acceptors (Lipinski definition) is 2. The Morgan fingerprint density at radius 3 is 2.81 bits per heavy atom. The van der Waals surface area contributed by atoms with Gasteiger partial charge in [0.1, 0.15) is 5.78 Å². The largest absolute Gasteiger partial charge is 0.299 e. The van der Waals surface area contributed by atoms with Crippen LogP contribution in [0, 0.1) is 22.7 Å². The van der Waals surface area contributed by atoms with Gasteiger partial charge in [-0.3, -0.25) is 9.59 Å². The fourth-order valence-electron chi connectivity index (χ4n) is 5.57. The molecular weight excluding hydrogens is 260 g/mol. The van der Waals surface area contributed by atoms with Crippen molar-refractivity contribution in [3.05, 3.63) is 23.3 Å². The Labute approximate surface area is 126 Å². The van der Waals surface area contributed by atoms with E-state index in [1.807, 2.05) is 0 Å². The topological polar surface area (TPSA) is 34.1 Å². The Balaban J connectivity index is 1.83. The molecule has 0 amide bonds. The second kappa shape index (κ2) is 4.18. The van der Waals surface area contributed by atoms with E-state index in [0.717, 1.165) is 18.4 Å². The first-order valence-corrected chi connectivity index (χ1v) is 8.41. The molecule has 0 aliphatic heterocycles. The van der Waals surface area contributed by atoms with E-state index >= 15 is 0 Å². The van der Waals surface area contributed by atoms with Crippen molar-refractivity contribution < 1.29 is 9.59 Å². The molecule has 21 heavy (non-hydrogen) atoms. The molecule has 0 aromatic rings. The molecule has 4 aliphatic rings. The molecular formula is C19H24O2. The minimum atomic E-state index is -0.0175. The lowest BCUT2D eigenvalue weighted by atomic mass is 9.52. The predicted octanol–water partition coefficient (Wildman–Crippen LogP) is 4.01. The fourth-order valence-corrected chi connectivity index (χ4v) is 5.57. The maximum Gasteiger partial charge on any atom is 0.155 e. The molecule has 0 unspecified atom stereocenters. The van der Waals surface area contributed by atoms with Gasteiger partial charge in [0.2, 0.25) is 0 Å². The van der Waals surface area contributed by atoms with Gasteiger partial charge < -0.3 is 0 Å². The van der Waals surface area contributed by atoms with Crippen LogP contribution in [-0.2, 0) is 9.59 Å². The molecule has 2 heteroatoms. The molecule has 0 aromatic carbocycles. The summed E-state index contributed by atoms with van der Waals surface area (Å²) in [6, 6.07) is 0. The number of carbonyl (C=O) groups excluding carboxylic acids is 2. The molecule has 0 saturated heterocycles. The lowest BCUT2D eigenvalue weighted by Gasteiger charge is -2.51. The number of hydrogen-bond donors (Lipinski definition) is 0. The summed E-state index contributed by atoms with van der Waals surface area (Å²) in [6.07, 6.45) is 11.1. The van der Waals surface area contributed by atoms with Gasteiger partial charge in [-0.2, -0.15) is 0 Å². The highest BCUT2D eigenvalue weighted by molar-refractivity contribution is 5.96. The Hall–Kier alpha value is -1.18. The molecule has 112 valence electrons. The number of rotatable bonds is 0. The van der Waals surface area contributed by atoms with E-state index in [1.165, 1.54) is 24.8 Å². The highest BCUT2D eigenvalue weighted by atomic mass is 16.1. The third-order valence-corrected chi connectivity index (χ3v) is 6.95. The second-order valence-corrected chi connectivity index (χ2v) is 8.11. The average Bonchev–Trinajstić information content (AvgIpc) is 2.82. The van der Waals surface area contributed by atoms with Crippen molar-refractivity contribution in [2.45, 2.75) is 58.8 Å². The summed E-state index contributed by atoms with van der Waals surface area (Å²) in [5.74, 6) is 1.26. The Morgan fingerprint density at radius 2 is 2.00 bits per heavy atom. The molecule has 0 spiro atoms. The Morgan fingerprint density at radius 1 is 1.19 bits per heavy atom. The molecule has 2 saturated carbocycles. The summed E-state index contributed by atoms with van der Waals surface area (Å²) in [5, 5.41) is 0. The van der Waals surface area contributed by atoms with E-state index in [1.54, 1.807) is 6.08 Å². The highest BCUT2D eigenvalue weighted by Crippen LogP contribution is 2.61. The Kier molecular flexibility index (Phi) is 2.68. The van der Waals surface area contributed by atoms with Crippen molar-refractivity contribution >= 4 is 11.6 Å². The predicted molar refractivity (Wildman–Crippen MR) is 81.7 cm³/mol. The van der Waals surface area contributed by atoms with Gasteiger partial charge in [-0.15, -0.1) is 0 Å². The van der Waals surface area contributed by atoms with E-state index in [4.69, 9.17) is 0 Å². The normalized spacial score (nSPS) is 45.4. The maximum atomic E-state index is 12.8. The molecule has 4 rings (SSSR count). The lowest BCUT2D eigenvalue weighted by molar-refractivity contribution is -0.126. The van der Waals surface area contributed by atoms with Gasteiger partial charge in [0, 0.05) is 24.2 Å². The van der Waals surface area contributed by atoms with Gasteiger partial charge in [0.05, 0.1) is 0 Å². The third kappa shape index (κ3) is 1.71. The highest BCUT2D eigenvalue weighted by Gasteiger charge is 2.55. The zero-order valence-corrected chi connectivity index (χ0v) is 13.1. The monoisotopic (exact) mass is 284 g/mol. The first-order valence-electron chi connectivity index (χ1n) is 8.41. The van der Waals surface area contributed by atoms with E-state index in [-0.39, 0.29) is 17.1 Å². The van der Waals surface area contributed by atoms with Crippen LogP contribution in [0.5, 0.6) is 0 Å². The molecule has 2 fully saturated rings. The second-order valence-electron chi connectivity index (χ2n) is 8.11. The minimum Gasteiger partial charge on any atom is -0.299 e. The van der Waals surface area contributed by atoms with E-state index < -0.39 is 0 Å². The van der Waals surface area contributed by atoms with E-state index in [9.17, 15) is 9.59 Å². The van der Waals surface area contributed by atoms with Crippen molar-refractivity contribution in [2.75, 3.05) is 0 Å². The standard InChI is InChI=1S/C19H24O2/c1-18-7-3-4-14(18)17-15(6-8-18)19(2)9-5-13(20)10-12(19)11-16(17)21/h6,10,14,17H,3-5,7-9,11H2,1-2H3/t14-,17-,18-,19-/m0/s1. The molecule has 4 atom stereocenters. The zero-order chi connectivity index (χ0) is 14.8. The van der Waals surface area contributed by atoms with Crippen LogP contribution in [0.1, 0.15) is 58.8 Å². The minimum absolute atomic E-state index is 0.0175. The first kappa shape index (κ1) is 13.5. The summed E-state index contributed by atoms with van der Waals surface area (Å²) >= 11 is 0. The van der Waals surface area contributed by atoms with Crippen molar-refractivity contribution in [2.24, 2.45) is 22.7 Å². The summed E-state index contributed by atoms with van der Waals surface area (Å²) < 4.78 is 0. The molecule has 0 heterocycles. The van der Waals surface area contributed by atoms with Gasteiger partial charge in [-0.1, -0.05) is 31.9 Å². The molecule has 0 bridgehead atoms. The molecule has 0 radical (unpaired) electrons. The molecule has 0 N–H and O–H groups in total. The number of Topliss-reactive ketones (excluding diaryl/α,β-unsaturated/α-hetero) is 1. The summed E-state index contributed by atoms with van der Waals surface area (Å²) in [6.45, 7) is 4.65. The zero-order valence-electron chi connectivity index (χ0n) is 13.1. The molecule has 0 aromatic heterocycles. The van der Waals surface area contributed by atoms with Crippen LogP contribution in [-0.4, -0.2) is 11.6 Å². The van der Waals surface area contributed by atoms with Crippen LogP contribution >= 0.6 is 0 Å². The van der Waals surface area contributed by atoms with Gasteiger partial charge in [0.15, 0.2) is 5.78 Å². The smallest absolute Gasteiger partial charge is 0.155 e. The first-order chi connectivity index (χ1) is 9.94. The van der Waals surface area contributed by atoms with E-state index in [0.29, 0.717) is 30.0 Å². The maximum absolute atomic E-state index is 12.8. The number of ketones is 2. The van der Waals surface area contributed by atoms with E-state index in [2.05, 4.69) is 19.9 Å². The number of allylic oxidation sites excluding steroid dienone is 4. The van der Waals surface area contributed by atoms with Crippen LogP contribution in [0.2, 0.25) is 0 Å². The fraction of sp³-hybridized carbons (Fsp3) is 0.684. The number of carbonyl (C=O) groups is 2. The van der Waals surface area contributed by atoms with Crippen molar-refractivity contribution in [3.63, 3.8) is 0 Å². The molecule has 4 aliphatic carbocycles. The van der Waals surface area contributed by atoms with Gasteiger partial charge in [0.25, 0.3) is 0 Å². The van der Waals surface area contributed by atoms with Crippen molar-refractivity contribution in [1.82, 2.24) is 0 Å². The quantitative estimate of drug-likeness (QED) is 0.630. The van der Waals surface area contributed by atoms with Gasteiger partial charge in [-0.05, 0) is 48.7 Å². The van der Waals surface area contributed by atoms with Crippen molar-refractivity contribution in [3.8, 4) is 0 Å². The SMILES string of the molecule is C[C@]12CCC(=O)C=C1CC(=O)[C@@H]1C2=CC[C@]2(C)CCC[C@@H]12. The van der Waals surface area contributed by atoms with Crippen LogP contribution < -0.4 is 0 Å². The van der Waals surface area contributed by atoms with Crippen LogP contribution in [0.15, 0.2) is 23.3 Å². The summed E-state index contributed by atoms with van der Waals surface area (Å²) in [5.41, 5.74) is 2.78. The third-order valence-electron chi connectivity index (χ3n) is 6.95.